The van der Waals surface area contributed by atoms with Crippen molar-refractivity contribution in [2.45, 2.75) is 11.8 Å². The topological polar surface area (TPSA) is 29.3 Å². The molecule has 4 heteroatoms. The van der Waals surface area contributed by atoms with Crippen molar-refractivity contribution in [1.29, 1.82) is 0 Å². The van der Waals surface area contributed by atoms with Crippen LogP contribution < -0.4 is 10.6 Å². The van der Waals surface area contributed by atoms with Crippen molar-refractivity contribution >= 4 is 40.3 Å². The molecule has 0 fully saturated rings. The molecule has 2 N–H and O–H groups in total. The smallest absolute Gasteiger partial charge is 0.107 e. The number of para-hydroxylation sites is 1. The zero-order chi connectivity index (χ0) is 14.5. The molecule has 2 aromatic rings. The van der Waals surface area contributed by atoms with Crippen molar-refractivity contribution in [3.8, 4) is 0 Å². The summed E-state index contributed by atoms with van der Waals surface area (Å²) in [6.07, 6.45) is 2.04. The summed E-state index contributed by atoms with van der Waals surface area (Å²) in [5.74, 6) is 0. The Morgan fingerprint density at radius 1 is 1.15 bits per heavy atom. The van der Waals surface area contributed by atoms with Gasteiger partial charge in [0.2, 0.25) is 0 Å². The molecule has 0 aliphatic heterocycles. The van der Waals surface area contributed by atoms with Gasteiger partial charge in [-0.2, -0.15) is 0 Å². The van der Waals surface area contributed by atoms with Crippen LogP contribution in [0.5, 0.6) is 0 Å². The zero-order valence-electron chi connectivity index (χ0n) is 11.7. The van der Waals surface area contributed by atoms with Gasteiger partial charge in [0.05, 0.1) is 5.69 Å². The van der Waals surface area contributed by atoms with Crippen molar-refractivity contribution in [3.63, 3.8) is 0 Å². The van der Waals surface area contributed by atoms with Crippen LogP contribution in [0.25, 0.3) is 0 Å². The molecule has 0 aromatic heterocycles. The Labute approximate surface area is 130 Å². The van der Waals surface area contributed by atoms with Gasteiger partial charge in [0.15, 0.2) is 0 Å². The van der Waals surface area contributed by atoms with Crippen LogP contribution in [0.1, 0.15) is 12.5 Å². The molecule has 0 saturated carbocycles. The van der Waals surface area contributed by atoms with E-state index in [0.29, 0.717) is 4.99 Å². The third kappa shape index (κ3) is 2.97. The fourth-order valence-electron chi connectivity index (χ4n) is 2.26. The lowest BCUT2D eigenvalue weighted by Gasteiger charge is -2.26. The van der Waals surface area contributed by atoms with E-state index in [0.717, 1.165) is 28.4 Å². The quantitative estimate of drug-likeness (QED) is 0.662. The van der Waals surface area contributed by atoms with E-state index in [2.05, 4.69) is 42.2 Å². The largest absolute Gasteiger partial charge is 0.389 e. The average Bonchev–Trinajstić information content (AvgIpc) is 2.48. The van der Waals surface area contributed by atoms with Crippen molar-refractivity contribution in [2.24, 2.45) is 5.73 Å². The second kappa shape index (κ2) is 6.77. The van der Waals surface area contributed by atoms with E-state index in [9.17, 15) is 0 Å². The summed E-state index contributed by atoms with van der Waals surface area (Å²) in [6, 6.07) is 16.5. The Bertz CT molecular complexity index is 597. The lowest BCUT2D eigenvalue weighted by Crippen LogP contribution is -2.22. The number of nitrogens with two attached hydrogens (primary N) is 1. The average molecular weight is 302 g/mol. The van der Waals surface area contributed by atoms with Crippen molar-refractivity contribution in [1.82, 2.24) is 0 Å². The molecule has 0 aliphatic rings. The summed E-state index contributed by atoms with van der Waals surface area (Å²) in [6.45, 7) is 2.99. The lowest BCUT2D eigenvalue weighted by atomic mass is 10.1. The summed E-state index contributed by atoms with van der Waals surface area (Å²) >= 11 is 6.93. The maximum Gasteiger partial charge on any atom is 0.107 e. The lowest BCUT2D eigenvalue weighted by molar-refractivity contribution is 1.02. The van der Waals surface area contributed by atoms with E-state index < -0.39 is 0 Å². The first-order valence-corrected chi connectivity index (χ1v) is 8.11. The molecule has 0 atom stereocenters. The van der Waals surface area contributed by atoms with Crippen LogP contribution >= 0.6 is 24.0 Å². The minimum atomic E-state index is 0.444. The third-order valence-corrected chi connectivity index (χ3v) is 4.13. The maximum atomic E-state index is 5.95. The van der Waals surface area contributed by atoms with Gasteiger partial charge in [-0.05, 0) is 37.4 Å². The number of thiocarbonyl (C=S) groups is 1. The molecule has 0 amide bonds. The van der Waals surface area contributed by atoms with Crippen molar-refractivity contribution in [2.75, 3.05) is 17.7 Å². The van der Waals surface area contributed by atoms with Crippen LogP contribution in [-0.2, 0) is 0 Å². The Hall–Kier alpha value is -1.52. The van der Waals surface area contributed by atoms with Gasteiger partial charge in [0, 0.05) is 22.7 Å². The maximum absolute atomic E-state index is 5.95. The van der Waals surface area contributed by atoms with Crippen LogP contribution in [0.15, 0.2) is 53.4 Å². The molecule has 0 heterocycles. The van der Waals surface area contributed by atoms with E-state index in [4.69, 9.17) is 18.0 Å². The minimum absolute atomic E-state index is 0.444. The van der Waals surface area contributed by atoms with Crippen LogP contribution in [0.3, 0.4) is 0 Å². The van der Waals surface area contributed by atoms with Gasteiger partial charge in [-0.3, -0.25) is 0 Å². The first kappa shape index (κ1) is 14.9. The fraction of sp³-hybridized carbons (Fsp3) is 0.188. The van der Waals surface area contributed by atoms with Gasteiger partial charge in [-0.15, -0.1) is 11.8 Å². The Balaban J connectivity index is 2.58. The number of benzene rings is 2. The van der Waals surface area contributed by atoms with Crippen LogP contribution in [0, 0.1) is 0 Å². The molecule has 0 spiro atoms. The summed E-state index contributed by atoms with van der Waals surface area (Å²) in [7, 11) is 0. The van der Waals surface area contributed by atoms with E-state index >= 15 is 0 Å². The van der Waals surface area contributed by atoms with E-state index in [-0.39, 0.29) is 0 Å². The Kier molecular flexibility index (Phi) is 5.04. The monoisotopic (exact) mass is 302 g/mol. The summed E-state index contributed by atoms with van der Waals surface area (Å²) < 4.78 is 0. The zero-order valence-corrected chi connectivity index (χ0v) is 13.3. The number of hydrogen-bond donors (Lipinski definition) is 1. The minimum Gasteiger partial charge on any atom is -0.389 e. The molecule has 0 aliphatic carbocycles. The highest BCUT2D eigenvalue weighted by molar-refractivity contribution is 7.98. The summed E-state index contributed by atoms with van der Waals surface area (Å²) in [5.41, 5.74) is 9.12. The highest BCUT2D eigenvalue weighted by Gasteiger charge is 2.16. The molecule has 104 valence electrons. The number of anilines is 2. The van der Waals surface area contributed by atoms with E-state index in [1.54, 1.807) is 11.8 Å². The van der Waals surface area contributed by atoms with Gasteiger partial charge < -0.3 is 10.6 Å². The van der Waals surface area contributed by atoms with E-state index in [1.807, 2.05) is 24.5 Å². The molecule has 0 bridgehead atoms. The Morgan fingerprint density at radius 3 is 2.40 bits per heavy atom. The van der Waals surface area contributed by atoms with E-state index in [1.165, 1.54) is 0 Å². The highest BCUT2D eigenvalue weighted by atomic mass is 32.2. The van der Waals surface area contributed by atoms with Gasteiger partial charge in [0.1, 0.15) is 4.99 Å². The second-order valence-corrected chi connectivity index (χ2v) is 5.59. The van der Waals surface area contributed by atoms with Gasteiger partial charge >= 0.3 is 0 Å². The second-order valence-electron chi connectivity index (χ2n) is 4.30. The number of thioether (sulfide) groups is 1. The predicted molar refractivity (Wildman–Crippen MR) is 93.2 cm³/mol. The van der Waals surface area contributed by atoms with Crippen molar-refractivity contribution < 1.29 is 0 Å². The molecule has 0 saturated heterocycles. The van der Waals surface area contributed by atoms with Crippen LogP contribution in [0.4, 0.5) is 11.4 Å². The standard InChI is InChI=1S/C16H18N2S2/c1-3-18(12-8-5-4-6-9-12)13-10-7-11-14(20-2)15(13)16(17)19/h4-11H,3H2,1-2H3,(H2,17,19). The predicted octanol–water partition coefficient (Wildman–Crippen LogP) is 4.20. The summed E-state index contributed by atoms with van der Waals surface area (Å²) in [5, 5.41) is 0. The molecule has 0 radical (unpaired) electrons. The normalized spacial score (nSPS) is 10.3. The van der Waals surface area contributed by atoms with Gasteiger partial charge in [-0.25, -0.2) is 0 Å². The molecule has 0 unspecified atom stereocenters. The van der Waals surface area contributed by atoms with Gasteiger partial charge in [-0.1, -0.05) is 36.5 Å². The van der Waals surface area contributed by atoms with Crippen molar-refractivity contribution in [3.05, 3.63) is 54.1 Å². The number of hydrogen-bond acceptors (Lipinski definition) is 3. The van der Waals surface area contributed by atoms with Gasteiger partial charge in [0.25, 0.3) is 0 Å². The third-order valence-electron chi connectivity index (χ3n) is 3.15. The molecule has 2 rings (SSSR count). The molecule has 20 heavy (non-hydrogen) atoms. The SMILES string of the molecule is CCN(c1ccccc1)c1cccc(SC)c1C(N)=S. The molecule has 2 aromatic carbocycles. The highest BCUT2D eigenvalue weighted by Crippen LogP contribution is 2.33. The summed E-state index contributed by atoms with van der Waals surface area (Å²) in [4.78, 5) is 3.79. The molecule has 2 nitrogen and oxygen atoms in total. The first-order valence-electron chi connectivity index (χ1n) is 6.48. The molecular weight excluding hydrogens is 284 g/mol. The molecular formula is C16H18N2S2. The number of rotatable bonds is 5. The van der Waals surface area contributed by atoms with Crippen LogP contribution in [0.2, 0.25) is 0 Å². The first-order chi connectivity index (χ1) is 9.69. The van der Waals surface area contributed by atoms with Crippen LogP contribution in [-0.4, -0.2) is 17.8 Å². The fourth-order valence-corrected chi connectivity index (χ4v) is 3.17. The Morgan fingerprint density at radius 2 is 1.85 bits per heavy atom. The number of nitrogens with zero attached hydrogens (tertiary/aromatic N) is 1.